The zero-order valence-electron chi connectivity index (χ0n) is 11.8. The molecule has 0 radical (unpaired) electrons. The molecular formula is C18H18N2O. The fourth-order valence-electron chi connectivity index (χ4n) is 2.20. The molecule has 106 valence electrons. The van der Waals surface area contributed by atoms with E-state index in [0.29, 0.717) is 0 Å². The van der Waals surface area contributed by atoms with E-state index in [0.717, 1.165) is 42.3 Å². The smallest absolute Gasteiger partial charge is 0.134 e. The number of nitrogens with zero attached hydrogens (tertiary/aromatic N) is 1. The Labute approximate surface area is 124 Å². The molecule has 0 atom stereocenters. The van der Waals surface area contributed by atoms with Crippen LogP contribution in [0.2, 0.25) is 0 Å². The van der Waals surface area contributed by atoms with Gasteiger partial charge in [-0.3, -0.25) is 4.98 Å². The van der Waals surface area contributed by atoms with Crippen molar-refractivity contribution in [2.45, 2.75) is 13.0 Å². The van der Waals surface area contributed by atoms with Crippen molar-refractivity contribution in [1.82, 2.24) is 10.3 Å². The van der Waals surface area contributed by atoms with Gasteiger partial charge in [0.05, 0.1) is 6.54 Å². The van der Waals surface area contributed by atoms with Gasteiger partial charge in [0.1, 0.15) is 11.5 Å². The predicted molar refractivity (Wildman–Crippen MR) is 83.8 cm³/mol. The third-order valence-corrected chi connectivity index (χ3v) is 3.30. The van der Waals surface area contributed by atoms with Crippen LogP contribution in [-0.4, -0.2) is 11.5 Å². The van der Waals surface area contributed by atoms with Gasteiger partial charge in [-0.25, -0.2) is 0 Å². The lowest BCUT2D eigenvalue weighted by Gasteiger charge is -2.02. The molecule has 0 fully saturated rings. The van der Waals surface area contributed by atoms with Crippen LogP contribution in [-0.2, 0) is 13.0 Å². The number of benzene rings is 1. The van der Waals surface area contributed by atoms with Crippen molar-refractivity contribution >= 4 is 0 Å². The van der Waals surface area contributed by atoms with Crippen LogP contribution in [0.15, 0.2) is 71.3 Å². The second kappa shape index (κ2) is 6.86. The predicted octanol–water partition coefficient (Wildman–Crippen LogP) is 3.67. The first-order valence-corrected chi connectivity index (χ1v) is 7.16. The number of hydrogen-bond acceptors (Lipinski definition) is 3. The molecule has 0 spiro atoms. The molecule has 2 aromatic heterocycles. The first kappa shape index (κ1) is 13.6. The van der Waals surface area contributed by atoms with Crippen LogP contribution < -0.4 is 5.32 Å². The molecule has 0 aliphatic heterocycles. The Bertz CT molecular complexity index is 662. The average molecular weight is 278 g/mol. The third-order valence-electron chi connectivity index (χ3n) is 3.30. The lowest BCUT2D eigenvalue weighted by molar-refractivity contribution is 0.494. The monoisotopic (exact) mass is 278 g/mol. The highest BCUT2D eigenvalue weighted by atomic mass is 16.3. The fourth-order valence-corrected chi connectivity index (χ4v) is 2.20. The Kier molecular flexibility index (Phi) is 4.44. The summed E-state index contributed by atoms with van der Waals surface area (Å²) in [4.78, 5) is 4.30. The highest BCUT2D eigenvalue weighted by Crippen LogP contribution is 2.21. The van der Waals surface area contributed by atoms with Gasteiger partial charge in [0, 0.05) is 30.4 Å². The minimum Gasteiger partial charge on any atom is -0.460 e. The molecule has 0 amide bonds. The number of pyridine rings is 1. The highest BCUT2D eigenvalue weighted by molar-refractivity contribution is 5.57. The van der Waals surface area contributed by atoms with E-state index in [9.17, 15) is 0 Å². The summed E-state index contributed by atoms with van der Waals surface area (Å²) in [6.07, 6.45) is 2.75. The standard InChI is InChI=1S/C18H18N2O/c1-2-6-15(7-3-1)18-10-9-17(21-18)14-19-13-11-16-8-4-5-12-20-16/h1-10,12,19H,11,13-14H2. The molecule has 3 rings (SSSR count). The van der Waals surface area contributed by atoms with Crippen molar-refractivity contribution in [1.29, 1.82) is 0 Å². The van der Waals surface area contributed by atoms with Gasteiger partial charge < -0.3 is 9.73 Å². The van der Waals surface area contributed by atoms with E-state index in [-0.39, 0.29) is 0 Å². The lowest BCUT2D eigenvalue weighted by atomic mass is 10.2. The van der Waals surface area contributed by atoms with Crippen LogP contribution in [0, 0.1) is 0 Å². The van der Waals surface area contributed by atoms with E-state index in [2.05, 4.69) is 22.4 Å². The third kappa shape index (κ3) is 3.80. The molecule has 3 heteroatoms. The summed E-state index contributed by atoms with van der Waals surface area (Å²) < 4.78 is 5.84. The summed E-state index contributed by atoms with van der Waals surface area (Å²) in [6.45, 7) is 1.62. The quantitative estimate of drug-likeness (QED) is 0.699. The van der Waals surface area contributed by atoms with Crippen LogP contribution in [0.1, 0.15) is 11.5 Å². The fraction of sp³-hybridized carbons (Fsp3) is 0.167. The Balaban J connectivity index is 1.49. The van der Waals surface area contributed by atoms with Crippen molar-refractivity contribution < 1.29 is 4.42 Å². The van der Waals surface area contributed by atoms with Crippen molar-refractivity contribution in [3.05, 3.63) is 78.3 Å². The van der Waals surface area contributed by atoms with Crippen LogP contribution in [0.25, 0.3) is 11.3 Å². The zero-order chi connectivity index (χ0) is 14.3. The number of furan rings is 1. The summed E-state index contributed by atoms with van der Waals surface area (Å²) in [5, 5.41) is 3.38. The maximum Gasteiger partial charge on any atom is 0.134 e. The van der Waals surface area contributed by atoms with Crippen LogP contribution in [0.4, 0.5) is 0 Å². The Morgan fingerprint density at radius 3 is 2.57 bits per heavy atom. The van der Waals surface area contributed by atoms with Gasteiger partial charge in [0.15, 0.2) is 0 Å². The molecule has 0 aliphatic carbocycles. The summed E-state index contributed by atoms with van der Waals surface area (Å²) in [5.74, 6) is 1.87. The van der Waals surface area contributed by atoms with Gasteiger partial charge in [0.25, 0.3) is 0 Å². The van der Waals surface area contributed by atoms with E-state index in [1.165, 1.54) is 0 Å². The Hall–Kier alpha value is -2.39. The maximum atomic E-state index is 5.84. The largest absolute Gasteiger partial charge is 0.460 e. The molecule has 0 aliphatic rings. The topological polar surface area (TPSA) is 38.1 Å². The summed E-state index contributed by atoms with van der Waals surface area (Å²) >= 11 is 0. The molecule has 3 aromatic rings. The number of aromatic nitrogens is 1. The number of hydrogen-bond donors (Lipinski definition) is 1. The minimum atomic E-state index is 0.736. The second-order valence-electron chi connectivity index (χ2n) is 4.88. The molecule has 1 aromatic carbocycles. The van der Waals surface area contributed by atoms with Gasteiger partial charge in [-0.15, -0.1) is 0 Å². The van der Waals surface area contributed by atoms with E-state index in [4.69, 9.17) is 4.42 Å². The SMILES string of the molecule is c1ccc(-c2ccc(CNCCc3ccccn3)o2)cc1. The zero-order valence-corrected chi connectivity index (χ0v) is 11.8. The van der Waals surface area contributed by atoms with Gasteiger partial charge in [0.2, 0.25) is 0 Å². The number of rotatable bonds is 6. The first-order chi connectivity index (χ1) is 10.4. The highest BCUT2D eigenvalue weighted by Gasteiger charge is 2.03. The molecule has 21 heavy (non-hydrogen) atoms. The molecule has 0 saturated heterocycles. The van der Waals surface area contributed by atoms with E-state index in [1.54, 1.807) is 0 Å². The minimum absolute atomic E-state index is 0.736. The van der Waals surface area contributed by atoms with Gasteiger partial charge in [-0.1, -0.05) is 36.4 Å². The normalized spacial score (nSPS) is 10.7. The van der Waals surface area contributed by atoms with Crippen molar-refractivity contribution in [2.75, 3.05) is 6.54 Å². The van der Waals surface area contributed by atoms with E-state index < -0.39 is 0 Å². The molecule has 3 nitrogen and oxygen atoms in total. The average Bonchev–Trinajstić information content (AvgIpc) is 3.02. The maximum absolute atomic E-state index is 5.84. The Morgan fingerprint density at radius 1 is 0.905 bits per heavy atom. The lowest BCUT2D eigenvalue weighted by Crippen LogP contribution is -2.16. The number of nitrogens with one attached hydrogen (secondary N) is 1. The molecule has 0 unspecified atom stereocenters. The van der Waals surface area contributed by atoms with Gasteiger partial charge in [-0.2, -0.15) is 0 Å². The van der Waals surface area contributed by atoms with Crippen molar-refractivity contribution in [2.24, 2.45) is 0 Å². The van der Waals surface area contributed by atoms with Crippen LogP contribution in [0.3, 0.4) is 0 Å². The molecule has 0 bridgehead atoms. The summed E-state index contributed by atoms with van der Waals surface area (Å²) in [6, 6.07) is 20.2. The van der Waals surface area contributed by atoms with E-state index in [1.807, 2.05) is 54.7 Å². The molecule has 2 heterocycles. The van der Waals surface area contributed by atoms with Gasteiger partial charge in [-0.05, 0) is 24.3 Å². The van der Waals surface area contributed by atoms with E-state index >= 15 is 0 Å². The van der Waals surface area contributed by atoms with Gasteiger partial charge >= 0.3 is 0 Å². The summed E-state index contributed by atoms with van der Waals surface area (Å²) in [7, 11) is 0. The molecule has 0 saturated carbocycles. The van der Waals surface area contributed by atoms with Crippen molar-refractivity contribution in [3.63, 3.8) is 0 Å². The summed E-state index contributed by atoms with van der Waals surface area (Å²) in [5.41, 5.74) is 2.21. The molecule has 1 N–H and O–H groups in total. The second-order valence-corrected chi connectivity index (χ2v) is 4.88. The first-order valence-electron chi connectivity index (χ1n) is 7.16. The van der Waals surface area contributed by atoms with Crippen LogP contribution >= 0.6 is 0 Å². The van der Waals surface area contributed by atoms with Crippen LogP contribution in [0.5, 0.6) is 0 Å². The van der Waals surface area contributed by atoms with Crippen molar-refractivity contribution in [3.8, 4) is 11.3 Å². The Morgan fingerprint density at radius 2 is 1.76 bits per heavy atom. The molecular weight excluding hydrogens is 260 g/mol.